The zero-order chi connectivity index (χ0) is 22.0. The van der Waals surface area contributed by atoms with E-state index in [0.29, 0.717) is 4.48 Å². The molecule has 6 heteroatoms. The van der Waals surface area contributed by atoms with Crippen molar-refractivity contribution in [2.45, 2.75) is 115 Å². The van der Waals surface area contributed by atoms with Crippen LogP contribution in [-0.4, -0.2) is 61.6 Å². The van der Waals surface area contributed by atoms with Crippen molar-refractivity contribution in [1.29, 1.82) is 0 Å². The van der Waals surface area contributed by atoms with Crippen LogP contribution in [0.2, 0.25) is 0 Å². The van der Waals surface area contributed by atoms with Crippen LogP contribution < -0.4 is 0 Å². The van der Waals surface area contributed by atoms with Crippen LogP contribution in [0.25, 0.3) is 0 Å². The third kappa shape index (κ3) is 18.3. The zero-order valence-corrected chi connectivity index (χ0v) is 20.4. The molecule has 0 aromatic rings. The van der Waals surface area contributed by atoms with Gasteiger partial charge in [-0.2, -0.15) is 0 Å². The number of aliphatic hydroxyl groups excluding tert-OH is 1. The molecule has 0 radical (unpaired) electrons. The summed E-state index contributed by atoms with van der Waals surface area (Å²) in [4.78, 5) is 0. The summed E-state index contributed by atoms with van der Waals surface area (Å²) in [5.41, 5.74) is 0. The van der Waals surface area contributed by atoms with Gasteiger partial charge in [0.2, 0.25) is 0 Å². The average molecular weight is 436 g/mol. The summed E-state index contributed by atoms with van der Waals surface area (Å²) in [5.74, 6) is 0. The predicted octanol–water partition coefficient (Wildman–Crippen LogP) is 5.23. The van der Waals surface area contributed by atoms with Crippen molar-refractivity contribution in [1.82, 2.24) is 0 Å². The molecule has 1 unspecified atom stereocenters. The van der Waals surface area contributed by atoms with Crippen LogP contribution in [0.5, 0.6) is 0 Å². The van der Waals surface area contributed by atoms with Crippen LogP contribution in [0.15, 0.2) is 0 Å². The highest BCUT2D eigenvalue weighted by molar-refractivity contribution is 7.86. The lowest BCUT2D eigenvalue weighted by Gasteiger charge is -2.33. The maximum atomic E-state index is 11.1. The van der Waals surface area contributed by atoms with E-state index in [2.05, 4.69) is 6.92 Å². The highest BCUT2D eigenvalue weighted by atomic mass is 32.2. The Balaban J connectivity index is 3.48. The lowest BCUT2D eigenvalue weighted by Crippen LogP contribution is -2.49. The van der Waals surface area contributed by atoms with Gasteiger partial charge >= 0.3 is 0 Å². The Morgan fingerprint density at radius 1 is 0.724 bits per heavy atom. The monoisotopic (exact) mass is 435 g/mol. The van der Waals surface area contributed by atoms with Crippen molar-refractivity contribution in [3.63, 3.8) is 0 Å². The fourth-order valence-corrected chi connectivity index (χ4v) is 4.74. The Labute approximate surface area is 181 Å². The molecule has 29 heavy (non-hydrogen) atoms. The summed E-state index contributed by atoms with van der Waals surface area (Å²) in [5, 5.41) is 7.95. The minimum Gasteiger partial charge on any atom is -0.747 e. The Bertz CT molecular complexity index is 465. The molecule has 0 heterocycles. The van der Waals surface area contributed by atoms with Gasteiger partial charge < -0.3 is 14.1 Å². The molecule has 1 atom stereocenters. The van der Waals surface area contributed by atoms with E-state index in [9.17, 15) is 13.0 Å². The quantitative estimate of drug-likeness (QED) is 0.152. The first-order chi connectivity index (χ1) is 13.7. The van der Waals surface area contributed by atoms with Gasteiger partial charge in [-0.05, 0) is 12.8 Å². The maximum Gasteiger partial charge on any atom is 0.121 e. The SMILES string of the molecule is CCCCCCCCCCCCCCCCCC[N+](C)(C)CC(CO)S(=O)(=O)[O-]. The Kier molecular flexibility index (Phi) is 17.4. The molecule has 0 aromatic heterocycles. The number of rotatable bonds is 21. The van der Waals surface area contributed by atoms with E-state index in [-0.39, 0.29) is 6.54 Å². The van der Waals surface area contributed by atoms with E-state index in [4.69, 9.17) is 5.11 Å². The second-order valence-corrected chi connectivity index (χ2v) is 11.1. The molecule has 1 N–H and O–H groups in total. The molecule has 0 rings (SSSR count). The van der Waals surface area contributed by atoms with Gasteiger partial charge in [-0.3, -0.25) is 0 Å². The summed E-state index contributed by atoms with van der Waals surface area (Å²) >= 11 is 0. The van der Waals surface area contributed by atoms with Gasteiger partial charge in [0.25, 0.3) is 0 Å². The topological polar surface area (TPSA) is 77.4 Å². The number of unbranched alkanes of at least 4 members (excludes halogenated alkanes) is 15. The Morgan fingerprint density at radius 3 is 1.38 bits per heavy atom. The molecule has 0 spiro atoms. The van der Waals surface area contributed by atoms with Crippen LogP contribution in [0.1, 0.15) is 110 Å². The third-order valence-corrected chi connectivity index (χ3v) is 7.04. The fraction of sp³-hybridized carbons (Fsp3) is 1.00. The van der Waals surface area contributed by atoms with Crippen molar-refractivity contribution >= 4 is 10.1 Å². The molecule has 0 saturated heterocycles. The van der Waals surface area contributed by atoms with Crippen molar-refractivity contribution in [3.8, 4) is 0 Å². The summed E-state index contributed by atoms with van der Waals surface area (Å²) < 4.78 is 33.9. The second-order valence-electron chi connectivity index (χ2n) is 9.44. The predicted molar refractivity (Wildman–Crippen MR) is 122 cm³/mol. The second kappa shape index (κ2) is 17.5. The number of aliphatic hydroxyl groups is 1. The normalized spacial score (nSPS) is 13.7. The Hall–Kier alpha value is -0.170. The molecule has 0 fully saturated rings. The van der Waals surface area contributed by atoms with Crippen molar-refractivity contribution in [2.24, 2.45) is 0 Å². The average Bonchev–Trinajstić information content (AvgIpc) is 2.65. The first kappa shape index (κ1) is 28.8. The lowest BCUT2D eigenvalue weighted by atomic mass is 10.0. The van der Waals surface area contributed by atoms with Gasteiger partial charge in [-0.15, -0.1) is 0 Å². The first-order valence-corrected chi connectivity index (χ1v) is 13.6. The van der Waals surface area contributed by atoms with Crippen molar-refractivity contribution in [3.05, 3.63) is 0 Å². The summed E-state index contributed by atoms with van der Waals surface area (Å²) in [7, 11) is -0.565. The minimum absolute atomic E-state index is 0.182. The van der Waals surface area contributed by atoms with E-state index in [1.54, 1.807) is 0 Å². The maximum absolute atomic E-state index is 11.1. The minimum atomic E-state index is -4.42. The highest BCUT2D eigenvalue weighted by Gasteiger charge is 2.25. The van der Waals surface area contributed by atoms with Crippen LogP contribution in [-0.2, 0) is 10.1 Å². The molecule has 0 aromatic carbocycles. The van der Waals surface area contributed by atoms with Gasteiger partial charge in [0.15, 0.2) is 0 Å². The van der Waals surface area contributed by atoms with Crippen molar-refractivity contribution in [2.75, 3.05) is 33.8 Å². The number of quaternary nitrogens is 1. The molecule has 5 nitrogen and oxygen atoms in total. The fourth-order valence-electron chi connectivity index (χ4n) is 3.97. The third-order valence-electron chi connectivity index (χ3n) is 5.93. The lowest BCUT2D eigenvalue weighted by molar-refractivity contribution is -0.890. The van der Waals surface area contributed by atoms with Crippen LogP contribution >= 0.6 is 0 Å². The summed E-state index contributed by atoms with van der Waals surface area (Å²) in [6.07, 6.45) is 21.3. The zero-order valence-electron chi connectivity index (χ0n) is 19.5. The van der Waals surface area contributed by atoms with Gasteiger partial charge in [0.1, 0.15) is 15.4 Å². The number of hydrogen-bond donors (Lipinski definition) is 1. The van der Waals surface area contributed by atoms with Crippen LogP contribution in [0, 0.1) is 0 Å². The molecule has 0 bridgehead atoms. The largest absolute Gasteiger partial charge is 0.747 e. The van der Waals surface area contributed by atoms with Gasteiger partial charge in [0.05, 0.1) is 33.8 Å². The molecular formula is C23H49NO4S. The first-order valence-electron chi connectivity index (χ1n) is 12.1. The number of nitrogens with zero attached hydrogens (tertiary/aromatic N) is 1. The number of hydrogen-bond acceptors (Lipinski definition) is 4. The molecule has 0 aliphatic heterocycles. The van der Waals surface area contributed by atoms with E-state index >= 15 is 0 Å². The van der Waals surface area contributed by atoms with E-state index < -0.39 is 22.0 Å². The summed E-state index contributed by atoms with van der Waals surface area (Å²) in [6.45, 7) is 2.70. The molecule has 0 saturated carbocycles. The molecule has 0 amide bonds. The molecule has 176 valence electrons. The molecule has 0 aliphatic rings. The van der Waals surface area contributed by atoms with E-state index in [0.717, 1.165) is 19.4 Å². The van der Waals surface area contributed by atoms with E-state index in [1.165, 1.54) is 89.9 Å². The highest BCUT2D eigenvalue weighted by Crippen LogP contribution is 2.14. The smallest absolute Gasteiger partial charge is 0.121 e. The molecule has 0 aliphatic carbocycles. The standard InChI is InChI=1S/C23H49NO4S/c1-4-5-6-7-8-9-10-11-12-13-14-15-16-17-18-19-20-24(2,3)21-23(22-25)29(26,27)28/h23,25H,4-22H2,1-3H3. The van der Waals surface area contributed by atoms with Crippen LogP contribution in [0.3, 0.4) is 0 Å². The Morgan fingerprint density at radius 2 is 1.07 bits per heavy atom. The van der Waals surface area contributed by atoms with Crippen molar-refractivity contribution < 1.29 is 22.6 Å². The van der Waals surface area contributed by atoms with Gasteiger partial charge in [-0.25, -0.2) is 8.42 Å². The van der Waals surface area contributed by atoms with Gasteiger partial charge in [-0.1, -0.05) is 96.8 Å². The van der Waals surface area contributed by atoms with Gasteiger partial charge in [0, 0.05) is 0 Å². The van der Waals surface area contributed by atoms with Crippen LogP contribution in [0.4, 0.5) is 0 Å². The summed E-state index contributed by atoms with van der Waals surface area (Å²) in [6, 6.07) is 0. The van der Waals surface area contributed by atoms with E-state index in [1.807, 2.05) is 14.1 Å². The molecular weight excluding hydrogens is 386 g/mol.